The van der Waals surface area contributed by atoms with Gasteiger partial charge < -0.3 is 9.64 Å². The van der Waals surface area contributed by atoms with Crippen LogP contribution in [0.3, 0.4) is 0 Å². The summed E-state index contributed by atoms with van der Waals surface area (Å²) in [6.07, 6.45) is 3.04. The zero-order chi connectivity index (χ0) is 14.9. The van der Waals surface area contributed by atoms with Crippen molar-refractivity contribution in [3.05, 3.63) is 47.6 Å². The van der Waals surface area contributed by atoms with Crippen LogP contribution in [0.5, 0.6) is 0 Å². The van der Waals surface area contributed by atoms with Gasteiger partial charge in [-0.25, -0.2) is 9.99 Å². The lowest BCUT2D eigenvalue weighted by Crippen LogP contribution is -2.30. The fraction of sp³-hybridized carbons (Fsp3) is 0.308. The summed E-state index contributed by atoms with van der Waals surface area (Å²) in [6.45, 7) is 9.32. The molecule has 0 radical (unpaired) electrons. The maximum Gasteiger partial charge on any atom is 0.277 e. The number of aromatic nitrogens is 2. The second kappa shape index (κ2) is 5.20. The Kier molecular flexibility index (Phi) is 3.60. The van der Waals surface area contributed by atoms with E-state index >= 15 is 0 Å². The second-order valence-electron chi connectivity index (χ2n) is 4.42. The molecule has 2 heterocycles. The molecule has 0 N–H and O–H groups in total. The first-order valence-electron chi connectivity index (χ1n) is 6.03. The molecule has 7 heteroatoms. The average Bonchev–Trinajstić information content (AvgIpc) is 2.72. The normalized spacial score (nSPS) is 14.1. The van der Waals surface area contributed by atoms with E-state index in [9.17, 15) is 4.79 Å². The molecule has 0 unspecified atom stereocenters. The van der Waals surface area contributed by atoms with Crippen LogP contribution in [0.25, 0.3) is 0 Å². The highest BCUT2D eigenvalue weighted by Gasteiger charge is 2.19. The molecule has 7 nitrogen and oxygen atoms in total. The number of hydrazone groups is 1. The highest BCUT2D eigenvalue weighted by Crippen LogP contribution is 2.13. The molecule has 1 aliphatic rings. The third-order valence-corrected chi connectivity index (χ3v) is 2.99. The fourth-order valence-electron chi connectivity index (χ4n) is 1.83. The molecule has 0 bridgehead atoms. The van der Waals surface area contributed by atoms with Gasteiger partial charge in [0.25, 0.3) is 5.56 Å². The van der Waals surface area contributed by atoms with Crippen LogP contribution in [-0.4, -0.2) is 34.6 Å². The Labute approximate surface area is 117 Å². The topological polar surface area (TPSA) is 63.0 Å². The monoisotopic (exact) mass is 275 g/mol. The molecule has 2 rings (SSSR count). The summed E-state index contributed by atoms with van der Waals surface area (Å²) in [4.78, 5) is 18.3. The van der Waals surface area contributed by atoms with E-state index in [2.05, 4.69) is 23.2 Å². The van der Waals surface area contributed by atoms with Gasteiger partial charge in [-0.2, -0.15) is 0 Å². The minimum absolute atomic E-state index is 0.175. The standard InChI is InChI=1S/C13H17N5O2/c1-6-16(4)12-9(2)14-8-18(13(12)19)7-11-15-17(5)10(3)20-11/h6,8H,1,3,7H2,2,4-5H3. The van der Waals surface area contributed by atoms with Crippen molar-refractivity contribution < 1.29 is 4.74 Å². The van der Waals surface area contributed by atoms with Gasteiger partial charge in [0, 0.05) is 14.1 Å². The van der Waals surface area contributed by atoms with Crippen molar-refractivity contribution >= 4 is 11.6 Å². The predicted molar refractivity (Wildman–Crippen MR) is 77.3 cm³/mol. The maximum absolute atomic E-state index is 12.4. The van der Waals surface area contributed by atoms with Crippen molar-refractivity contribution in [3.63, 3.8) is 0 Å². The van der Waals surface area contributed by atoms with Crippen LogP contribution in [-0.2, 0) is 11.3 Å². The van der Waals surface area contributed by atoms with Crippen molar-refractivity contribution in [2.75, 3.05) is 19.0 Å². The quantitative estimate of drug-likeness (QED) is 0.816. The highest BCUT2D eigenvalue weighted by molar-refractivity contribution is 5.78. The van der Waals surface area contributed by atoms with Gasteiger partial charge in [-0.05, 0) is 19.7 Å². The Bertz CT molecular complexity index is 647. The number of nitrogens with zero attached hydrogens (tertiary/aromatic N) is 5. The molecule has 20 heavy (non-hydrogen) atoms. The zero-order valence-corrected chi connectivity index (χ0v) is 11.8. The number of anilines is 1. The van der Waals surface area contributed by atoms with Crippen LogP contribution in [0.2, 0.25) is 0 Å². The van der Waals surface area contributed by atoms with E-state index in [-0.39, 0.29) is 12.1 Å². The molecule has 0 aliphatic carbocycles. The van der Waals surface area contributed by atoms with E-state index < -0.39 is 0 Å². The smallest absolute Gasteiger partial charge is 0.277 e. The molecule has 1 aromatic rings. The fourth-order valence-corrected chi connectivity index (χ4v) is 1.83. The molecule has 0 spiro atoms. The Morgan fingerprint density at radius 1 is 1.55 bits per heavy atom. The first kappa shape index (κ1) is 13.9. The van der Waals surface area contributed by atoms with Gasteiger partial charge >= 0.3 is 0 Å². The van der Waals surface area contributed by atoms with E-state index in [4.69, 9.17) is 4.74 Å². The molecule has 0 fully saturated rings. The summed E-state index contributed by atoms with van der Waals surface area (Å²) < 4.78 is 6.79. The Balaban J connectivity index is 2.35. The third-order valence-electron chi connectivity index (χ3n) is 2.99. The largest absolute Gasteiger partial charge is 0.422 e. The van der Waals surface area contributed by atoms with E-state index in [0.717, 1.165) is 0 Å². The number of hydrogen-bond acceptors (Lipinski definition) is 6. The molecule has 106 valence electrons. The Morgan fingerprint density at radius 3 is 2.80 bits per heavy atom. The average molecular weight is 275 g/mol. The SMILES string of the molecule is C=CN(C)c1c(C)ncn(CC2=NN(C)C(=C)O2)c1=O. The number of hydrogen-bond donors (Lipinski definition) is 0. The second-order valence-corrected chi connectivity index (χ2v) is 4.42. The van der Waals surface area contributed by atoms with Gasteiger partial charge in [0.15, 0.2) is 0 Å². The summed E-state index contributed by atoms with van der Waals surface area (Å²) in [5.74, 6) is 0.828. The van der Waals surface area contributed by atoms with Crippen molar-refractivity contribution in [3.8, 4) is 0 Å². The summed E-state index contributed by atoms with van der Waals surface area (Å²) in [5, 5.41) is 5.64. The molecule has 0 saturated carbocycles. The first-order valence-corrected chi connectivity index (χ1v) is 6.03. The van der Waals surface area contributed by atoms with Gasteiger partial charge in [0.05, 0.1) is 12.0 Å². The van der Waals surface area contributed by atoms with Crippen molar-refractivity contribution in [2.24, 2.45) is 5.10 Å². The minimum atomic E-state index is -0.175. The molecule has 0 amide bonds. The van der Waals surface area contributed by atoms with Crippen LogP contribution in [0.4, 0.5) is 5.69 Å². The van der Waals surface area contributed by atoms with E-state index in [0.29, 0.717) is 23.2 Å². The van der Waals surface area contributed by atoms with Crippen LogP contribution in [0.15, 0.2) is 41.5 Å². The first-order chi connectivity index (χ1) is 9.43. The van der Waals surface area contributed by atoms with E-state index in [1.807, 2.05) is 0 Å². The molecule has 0 aromatic carbocycles. The van der Waals surface area contributed by atoms with Gasteiger partial charge in [0.1, 0.15) is 12.2 Å². The lowest BCUT2D eigenvalue weighted by atomic mass is 10.3. The maximum atomic E-state index is 12.4. The zero-order valence-electron chi connectivity index (χ0n) is 11.8. The number of ether oxygens (including phenoxy) is 1. The molecule has 1 aromatic heterocycles. The Hall–Kier alpha value is -2.57. The minimum Gasteiger partial charge on any atom is -0.422 e. The van der Waals surface area contributed by atoms with Crippen molar-refractivity contribution in [1.29, 1.82) is 0 Å². The molecular formula is C13H17N5O2. The van der Waals surface area contributed by atoms with E-state index in [1.54, 1.807) is 32.1 Å². The molecule has 0 atom stereocenters. The lowest BCUT2D eigenvalue weighted by Gasteiger charge is -2.16. The molecule has 1 aliphatic heterocycles. The summed E-state index contributed by atoms with van der Waals surface area (Å²) in [7, 11) is 3.48. The van der Waals surface area contributed by atoms with Crippen LogP contribution in [0, 0.1) is 6.92 Å². The van der Waals surface area contributed by atoms with E-state index in [1.165, 1.54) is 15.9 Å². The van der Waals surface area contributed by atoms with Gasteiger partial charge in [-0.1, -0.05) is 6.58 Å². The van der Waals surface area contributed by atoms with Crippen LogP contribution in [0.1, 0.15) is 5.69 Å². The van der Waals surface area contributed by atoms with Gasteiger partial charge in [0.2, 0.25) is 11.8 Å². The van der Waals surface area contributed by atoms with Gasteiger partial charge in [-0.3, -0.25) is 9.36 Å². The lowest BCUT2D eigenvalue weighted by molar-refractivity contribution is 0.303. The summed E-state index contributed by atoms with van der Waals surface area (Å²) in [5.41, 5.74) is 0.948. The molecule has 0 saturated heterocycles. The number of aryl methyl sites for hydroxylation is 1. The predicted octanol–water partition coefficient (Wildman–Crippen LogP) is 0.878. The van der Waals surface area contributed by atoms with Gasteiger partial charge in [-0.15, -0.1) is 5.10 Å². The highest BCUT2D eigenvalue weighted by atomic mass is 16.5. The van der Waals surface area contributed by atoms with Crippen LogP contribution >= 0.6 is 0 Å². The summed E-state index contributed by atoms with van der Waals surface area (Å²) >= 11 is 0. The Morgan fingerprint density at radius 2 is 2.25 bits per heavy atom. The molecular weight excluding hydrogens is 258 g/mol. The summed E-state index contributed by atoms with van der Waals surface area (Å²) in [6, 6.07) is 0. The number of rotatable bonds is 4. The third kappa shape index (κ3) is 2.42. The van der Waals surface area contributed by atoms with Crippen molar-refractivity contribution in [2.45, 2.75) is 13.5 Å². The van der Waals surface area contributed by atoms with Crippen LogP contribution < -0.4 is 10.5 Å². The van der Waals surface area contributed by atoms with Crippen molar-refractivity contribution in [1.82, 2.24) is 14.6 Å².